The van der Waals surface area contributed by atoms with Crippen LogP contribution in [0.2, 0.25) is 5.02 Å². The molecule has 1 N–H and O–H groups in total. The molecule has 4 heteroatoms. The maximum Gasteiger partial charge on any atom is 0.120 e. The lowest BCUT2D eigenvalue weighted by molar-refractivity contribution is 0.414. The number of methoxy groups -OCH3 is 1. The average Bonchev–Trinajstić information content (AvgIpc) is 2.82. The quantitative estimate of drug-likeness (QED) is 0.900. The molecule has 102 valence electrons. The monoisotopic (exact) mass is 279 g/mol. The molecule has 0 saturated heterocycles. The second-order valence-electron chi connectivity index (χ2n) is 4.31. The SMILES string of the molecule is CCNC(c1ccc(OC)cc1Cl)c1ccoc1C. The van der Waals surface area contributed by atoms with Crippen molar-refractivity contribution in [1.82, 2.24) is 5.32 Å². The van der Waals surface area contributed by atoms with Gasteiger partial charge in [-0.2, -0.15) is 0 Å². The van der Waals surface area contributed by atoms with Gasteiger partial charge in [0.2, 0.25) is 0 Å². The van der Waals surface area contributed by atoms with Crippen molar-refractivity contribution in [2.24, 2.45) is 0 Å². The van der Waals surface area contributed by atoms with E-state index in [1.807, 2.05) is 31.2 Å². The van der Waals surface area contributed by atoms with Crippen LogP contribution in [0.15, 0.2) is 34.9 Å². The maximum absolute atomic E-state index is 6.36. The van der Waals surface area contributed by atoms with Crippen LogP contribution in [0.25, 0.3) is 0 Å². The van der Waals surface area contributed by atoms with E-state index in [1.54, 1.807) is 13.4 Å². The molecule has 3 nitrogen and oxygen atoms in total. The van der Waals surface area contributed by atoms with Crippen molar-refractivity contribution in [3.8, 4) is 5.75 Å². The Balaban J connectivity index is 2.42. The number of rotatable bonds is 5. The van der Waals surface area contributed by atoms with Crippen LogP contribution in [0.4, 0.5) is 0 Å². The summed E-state index contributed by atoms with van der Waals surface area (Å²) in [6.07, 6.45) is 1.70. The maximum atomic E-state index is 6.36. The summed E-state index contributed by atoms with van der Waals surface area (Å²) >= 11 is 6.36. The van der Waals surface area contributed by atoms with Crippen molar-refractivity contribution >= 4 is 11.6 Å². The number of aryl methyl sites for hydroxylation is 1. The Morgan fingerprint density at radius 2 is 2.11 bits per heavy atom. The van der Waals surface area contributed by atoms with E-state index in [4.69, 9.17) is 20.8 Å². The largest absolute Gasteiger partial charge is 0.497 e. The molecular weight excluding hydrogens is 262 g/mol. The van der Waals surface area contributed by atoms with Crippen molar-refractivity contribution < 1.29 is 9.15 Å². The Hall–Kier alpha value is -1.45. The number of benzene rings is 1. The molecule has 0 amide bonds. The highest BCUT2D eigenvalue weighted by molar-refractivity contribution is 6.31. The Morgan fingerprint density at radius 1 is 1.32 bits per heavy atom. The number of halogens is 1. The van der Waals surface area contributed by atoms with Gasteiger partial charge in [-0.05, 0) is 37.2 Å². The summed E-state index contributed by atoms with van der Waals surface area (Å²) in [5.41, 5.74) is 2.13. The van der Waals surface area contributed by atoms with E-state index in [1.165, 1.54) is 0 Å². The van der Waals surface area contributed by atoms with Gasteiger partial charge in [0.1, 0.15) is 11.5 Å². The zero-order valence-corrected chi connectivity index (χ0v) is 12.1. The fourth-order valence-electron chi connectivity index (χ4n) is 2.15. The predicted octanol–water partition coefficient (Wildman–Crippen LogP) is 3.95. The molecule has 1 aromatic heterocycles. The first-order valence-electron chi connectivity index (χ1n) is 6.28. The van der Waals surface area contributed by atoms with E-state index in [0.717, 1.165) is 29.2 Å². The van der Waals surface area contributed by atoms with Crippen molar-refractivity contribution in [2.45, 2.75) is 19.9 Å². The standard InChI is InChI=1S/C15H18ClNO2/c1-4-17-15(12-7-8-19-10(12)2)13-6-5-11(18-3)9-14(13)16/h5-9,15,17H,4H2,1-3H3. The second kappa shape index (κ2) is 6.13. The second-order valence-corrected chi connectivity index (χ2v) is 4.72. The first kappa shape index (κ1) is 14.0. The molecule has 0 aliphatic carbocycles. The number of ether oxygens (including phenoxy) is 1. The summed E-state index contributed by atoms with van der Waals surface area (Å²) in [6, 6.07) is 7.74. The van der Waals surface area contributed by atoms with E-state index in [9.17, 15) is 0 Å². The van der Waals surface area contributed by atoms with E-state index >= 15 is 0 Å². The normalized spacial score (nSPS) is 12.4. The van der Waals surface area contributed by atoms with Gasteiger partial charge in [-0.3, -0.25) is 0 Å². The molecule has 19 heavy (non-hydrogen) atoms. The van der Waals surface area contributed by atoms with Gasteiger partial charge in [-0.15, -0.1) is 0 Å². The summed E-state index contributed by atoms with van der Waals surface area (Å²) < 4.78 is 10.6. The molecule has 0 spiro atoms. The summed E-state index contributed by atoms with van der Waals surface area (Å²) in [4.78, 5) is 0. The van der Waals surface area contributed by atoms with Crippen molar-refractivity contribution in [1.29, 1.82) is 0 Å². The highest BCUT2D eigenvalue weighted by Gasteiger charge is 2.19. The van der Waals surface area contributed by atoms with Crippen LogP contribution in [0, 0.1) is 6.92 Å². The third-order valence-electron chi connectivity index (χ3n) is 3.14. The number of nitrogens with one attached hydrogen (secondary N) is 1. The fraction of sp³-hybridized carbons (Fsp3) is 0.333. The molecule has 0 aliphatic rings. The summed E-state index contributed by atoms with van der Waals surface area (Å²) in [7, 11) is 1.63. The van der Waals surface area contributed by atoms with Gasteiger partial charge < -0.3 is 14.5 Å². The lowest BCUT2D eigenvalue weighted by Crippen LogP contribution is -2.22. The Kier molecular flexibility index (Phi) is 4.51. The molecule has 1 aromatic carbocycles. The third kappa shape index (κ3) is 2.94. The van der Waals surface area contributed by atoms with Gasteiger partial charge in [0, 0.05) is 10.6 Å². The highest BCUT2D eigenvalue weighted by Crippen LogP contribution is 2.32. The van der Waals surface area contributed by atoms with Crippen LogP contribution in [-0.2, 0) is 0 Å². The molecule has 0 bridgehead atoms. The average molecular weight is 280 g/mol. The summed E-state index contributed by atoms with van der Waals surface area (Å²) in [5.74, 6) is 1.66. The van der Waals surface area contributed by atoms with Crippen LogP contribution in [0.5, 0.6) is 5.75 Å². The van der Waals surface area contributed by atoms with Crippen LogP contribution in [0.1, 0.15) is 29.9 Å². The molecule has 0 aliphatic heterocycles. The molecule has 2 aromatic rings. The first-order valence-corrected chi connectivity index (χ1v) is 6.66. The number of hydrogen-bond donors (Lipinski definition) is 1. The lowest BCUT2D eigenvalue weighted by atomic mass is 9.99. The minimum absolute atomic E-state index is 0.0298. The Bertz CT molecular complexity index is 551. The number of furan rings is 1. The summed E-state index contributed by atoms with van der Waals surface area (Å²) in [6.45, 7) is 4.87. The van der Waals surface area contributed by atoms with Crippen LogP contribution in [-0.4, -0.2) is 13.7 Å². The Morgan fingerprint density at radius 3 is 2.63 bits per heavy atom. The molecule has 2 rings (SSSR count). The first-order chi connectivity index (χ1) is 9.17. The van der Waals surface area contributed by atoms with E-state index in [0.29, 0.717) is 5.02 Å². The molecule has 0 saturated carbocycles. The molecular formula is C15H18ClNO2. The van der Waals surface area contributed by atoms with Gasteiger partial charge >= 0.3 is 0 Å². The van der Waals surface area contributed by atoms with Gasteiger partial charge in [-0.25, -0.2) is 0 Å². The fourth-order valence-corrected chi connectivity index (χ4v) is 2.43. The third-order valence-corrected chi connectivity index (χ3v) is 3.46. The minimum atomic E-state index is 0.0298. The van der Waals surface area contributed by atoms with Gasteiger partial charge in [0.25, 0.3) is 0 Å². The Labute approximate surface area is 118 Å². The van der Waals surface area contributed by atoms with Crippen LogP contribution < -0.4 is 10.1 Å². The van der Waals surface area contributed by atoms with Crippen LogP contribution in [0.3, 0.4) is 0 Å². The molecule has 1 unspecified atom stereocenters. The van der Waals surface area contributed by atoms with E-state index < -0.39 is 0 Å². The molecule has 0 radical (unpaired) electrons. The summed E-state index contributed by atoms with van der Waals surface area (Å²) in [5, 5.41) is 4.12. The van der Waals surface area contributed by atoms with Gasteiger partial charge in [0.05, 0.1) is 19.4 Å². The van der Waals surface area contributed by atoms with Gasteiger partial charge in [0.15, 0.2) is 0 Å². The molecule has 1 atom stereocenters. The predicted molar refractivity (Wildman–Crippen MR) is 77.0 cm³/mol. The zero-order chi connectivity index (χ0) is 13.8. The molecule has 0 fully saturated rings. The highest BCUT2D eigenvalue weighted by atomic mass is 35.5. The minimum Gasteiger partial charge on any atom is -0.497 e. The topological polar surface area (TPSA) is 34.4 Å². The van der Waals surface area contributed by atoms with Gasteiger partial charge in [-0.1, -0.05) is 24.6 Å². The van der Waals surface area contributed by atoms with Crippen LogP contribution >= 0.6 is 11.6 Å². The lowest BCUT2D eigenvalue weighted by Gasteiger charge is -2.19. The number of hydrogen-bond acceptors (Lipinski definition) is 3. The molecule has 1 heterocycles. The van der Waals surface area contributed by atoms with Crippen molar-refractivity contribution in [3.05, 3.63) is 52.4 Å². The smallest absolute Gasteiger partial charge is 0.120 e. The van der Waals surface area contributed by atoms with E-state index in [2.05, 4.69) is 12.2 Å². The van der Waals surface area contributed by atoms with Crippen molar-refractivity contribution in [2.75, 3.05) is 13.7 Å². The van der Waals surface area contributed by atoms with Crippen molar-refractivity contribution in [3.63, 3.8) is 0 Å². The van der Waals surface area contributed by atoms with E-state index in [-0.39, 0.29) is 6.04 Å². The zero-order valence-electron chi connectivity index (χ0n) is 11.4.